The molecule has 0 aliphatic rings. The van der Waals surface area contributed by atoms with Crippen LogP contribution in [0.1, 0.15) is 12.0 Å². The average Bonchev–Trinajstić information content (AvgIpc) is 3.01. The first-order valence-electron chi connectivity index (χ1n) is 6.92. The summed E-state index contributed by atoms with van der Waals surface area (Å²) in [5, 5.41) is 6.54. The van der Waals surface area contributed by atoms with Crippen molar-refractivity contribution in [3.8, 4) is 5.75 Å². The van der Waals surface area contributed by atoms with Crippen LogP contribution in [0.5, 0.6) is 5.75 Å². The molecule has 0 radical (unpaired) electrons. The molecule has 0 saturated heterocycles. The summed E-state index contributed by atoms with van der Waals surface area (Å²) in [4.78, 5) is 9.59. The number of nitrogens with zero attached hydrogens (tertiary/aromatic N) is 2. The van der Waals surface area contributed by atoms with Crippen LogP contribution in [0, 0.1) is 0 Å². The molecule has 0 fully saturated rings. The number of hydrogen-bond acceptors (Lipinski definition) is 5. The van der Waals surface area contributed by atoms with Gasteiger partial charge in [0.15, 0.2) is 0 Å². The molecule has 3 rings (SSSR count). The van der Waals surface area contributed by atoms with Gasteiger partial charge in [-0.05, 0) is 42.0 Å². The quantitative estimate of drug-likeness (QED) is 0.704. The van der Waals surface area contributed by atoms with Gasteiger partial charge >= 0.3 is 0 Å². The number of aryl methyl sites for hydroxylation is 1. The summed E-state index contributed by atoms with van der Waals surface area (Å²) in [6, 6.07) is 10.3. The minimum atomic E-state index is 0.897. The molecule has 0 atom stereocenters. The molecule has 0 bridgehead atoms. The zero-order valence-corrected chi connectivity index (χ0v) is 12.7. The fourth-order valence-corrected chi connectivity index (χ4v) is 2.96. The van der Waals surface area contributed by atoms with Crippen molar-refractivity contribution in [2.75, 3.05) is 19.0 Å². The molecular formula is C16H17N3OS. The maximum Gasteiger partial charge on any atom is 0.138 e. The van der Waals surface area contributed by atoms with E-state index in [9.17, 15) is 0 Å². The van der Waals surface area contributed by atoms with Gasteiger partial charge in [-0.15, -0.1) is 11.3 Å². The second-order valence-corrected chi connectivity index (χ2v) is 5.63. The standard InChI is InChI=1S/C16H17N3OS/c1-20-13-6-4-12(5-7-13)3-2-9-17-15-14-8-10-21-16(14)19-11-18-15/h4-8,10-11H,2-3,9H2,1H3,(H,17,18,19). The van der Waals surface area contributed by atoms with Crippen LogP contribution in [0.2, 0.25) is 0 Å². The summed E-state index contributed by atoms with van der Waals surface area (Å²) in [5.74, 6) is 1.83. The summed E-state index contributed by atoms with van der Waals surface area (Å²) in [7, 11) is 1.69. The first kappa shape index (κ1) is 13.8. The Morgan fingerprint density at radius 3 is 2.81 bits per heavy atom. The monoisotopic (exact) mass is 299 g/mol. The van der Waals surface area contributed by atoms with Crippen molar-refractivity contribution >= 4 is 27.4 Å². The third kappa shape index (κ3) is 3.31. The molecule has 21 heavy (non-hydrogen) atoms. The number of hydrogen-bond donors (Lipinski definition) is 1. The number of anilines is 1. The minimum absolute atomic E-state index is 0.897. The van der Waals surface area contributed by atoms with E-state index < -0.39 is 0 Å². The first-order chi connectivity index (χ1) is 10.4. The Morgan fingerprint density at radius 1 is 1.14 bits per heavy atom. The van der Waals surface area contributed by atoms with Gasteiger partial charge < -0.3 is 10.1 Å². The third-order valence-electron chi connectivity index (χ3n) is 3.36. The fraction of sp³-hybridized carbons (Fsp3) is 0.250. The number of nitrogens with one attached hydrogen (secondary N) is 1. The molecule has 1 aromatic carbocycles. The Morgan fingerprint density at radius 2 is 2.00 bits per heavy atom. The fourth-order valence-electron chi connectivity index (χ4n) is 2.22. The lowest BCUT2D eigenvalue weighted by atomic mass is 10.1. The van der Waals surface area contributed by atoms with Crippen molar-refractivity contribution in [2.24, 2.45) is 0 Å². The van der Waals surface area contributed by atoms with Crippen LogP contribution in [0.3, 0.4) is 0 Å². The van der Waals surface area contributed by atoms with Gasteiger partial charge in [-0.3, -0.25) is 0 Å². The zero-order chi connectivity index (χ0) is 14.5. The Balaban J connectivity index is 1.53. The van der Waals surface area contributed by atoms with E-state index in [0.29, 0.717) is 0 Å². The van der Waals surface area contributed by atoms with Crippen LogP contribution in [-0.4, -0.2) is 23.6 Å². The molecule has 0 unspecified atom stereocenters. The van der Waals surface area contributed by atoms with Crippen LogP contribution >= 0.6 is 11.3 Å². The van der Waals surface area contributed by atoms with Gasteiger partial charge in [-0.25, -0.2) is 9.97 Å². The molecule has 0 saturated carbocycles. The first-order valence-corrected chi connectivity index (χ1v) is 7.80. The maximum atomic E-state index is 5.16. The molecule has 2 heterocycles. The van der Waals surface area contributed by atoms with E-state index >= 15 is 0 Å². The number of aromatic nitrogens is 2. The lowest BCUT2D eigenvalue weighted by Gasteiger charge is -2.07. The van der Waals surface area contributed by atoms with Crippen LogP contribution in [-0.2, 0) is 6.42 Å². The highest BCUT2D eigenvalue weighted by Gasteiger charge is 2.03. The van der Waals surface area contributed by atoms with Crippen LogP contribution < -0.4 is 10.1 Å². The molecule has 108 valence electrons. The van der Waals surface area contributed by atoms with E-state index in [1.165, 1.54) is 5.56 Å². The maximum absolute atomic E-state index is 5.16. The van der Waals surface area contributed by atoms with Gasteiger partial charge in [0.2, 0.25) is 0 Å². The Hall–Kier alpha value is -2.14. The summed E-state index contributed by atoms with van der Waals surface area (Å²) < 4.78 is 5.16. The number of rotatable bonds is 6. The van der Waals surface area contributed by atoms with Crippen molar-refractivity contribution in [3.05, 3.63) is 47.6 Å². The lowest BCUT2D eigenvalue weighted by molar-refractivity contribution is 0.414. The van der Waals surface area contributed by atoms with Crippen molar-refractivity contribution in [1.29, 1.82) is 0 Å². The average molecular weight is 299 g/mol. The highest BCUT2D eigenvalue weighted by atomic mass is 32.1. The van der Waals surface area contributed by atoms with Crippen molar-refractivity contribution in [3.63, 3.8) is 0 Å². The van der Waals surface area contributed by atoms with E-state index in [0.717, 1.165) is 41.2 Å². The molecule has 0 spiro atoms. The second kappa shape index (κ2) is 6.54. The highest BCUT2D eigenvalue weighted by Crippen LogP contribution is 2.23. The minimum Gasteiger partial charge on any atom is -0.497 e. The molecule has 1 N–H and O–H groups in total. The Labute approximate surface area is 127 Å². The number of benzene rings is 1. The molecule has 0 aliphatic heterocycles. The van der Waals surface area contributed by atoms with Crippen molar-refractivity contribution in [1.82, 2.24) is 9.97 Å². The molecule has 3 aromatic rings. The van der Waals surface area contributed by atoms with E-state index in [-0.39, 0.29) is 0 Å². The number of ether oxygens (including phenoxy) is 1. The van der Waals surface area contributed by atoms with Crippen molar-refractivity contribution < 1.29 is 4.74 Å². The van der Waals surface area contributed by atoms with Crippen LogP contribution in [0.15, 0.2) is 42.0 Å². The zero-order valence-electron chi connectivity index (χ0n) is 11.9. The van der Waals surface area contributed by atoms with Gasteiger partial charge in [-0.2, -0.15) is 0 Å². The predicted molar refractivity (Wildman–Crippen MR) is 87.2 cm³/mol. The van der Waals surface area contributed by atoms with Crippen molar-refractivity contribution in [2.45, 2.75) is 12.8 Å². The van der Waals surface area contributed by atoms with E-state index in [1.54, 1.807) is 24.8 Å². The van der Waals surface area contributed by atoms with Gasteiger partial charge in [0.05, 0.1) is 12.5 Å². The molecule has 2 aromatic heterocycles. The summed E-state index contributed by atoms with van der Waals surface area (Å²) >= 11 is 1.64. The SMILES string of the molecule is COc1ccc(CCCNc2ncnc3sccc23)cc1. The van der Waals surface area contributed by atoms with Gasteiger partial charge in [-0.1, -0.05) is 12.1 Å². The van der Waals surface area contributed by atoms with Gasteiger partial charge in [0.25, 0.3) is 0 Å². The lowest BCUT2D eigenvalue weighted by Crippen LogP contribution is -2.05. The molecule has 4 nitrogen and oxygen atoms in total. The number of methoxy groups -OCH3 is 1. The van der Waals surface area contributed by atoms with Gasteiger partial charge in [0, 0.05) is 6.54 Å². The topological polar surface area (TPSA) is 47.0 Å². The number of thiophene rings is 1. The summed E-state index contributed by atoms with van der Waals surface area (Å²) in [6.45, 7) is 0.897. The molecular weight excluding hydrogens is 282 g/mol. The van der Waals surface area contributed by atoms with Crippen LogP contribution in [0.25, 0.3) is 10.2 Å². The smallest absolute Gasteiger partial charge is 0.138 e. The van der Waals surface area contributed by atoms with E-state index in [4.69, 9.17) is 4.74 Å². The Bertz CT molecular complexity index is 709. The predicted octanol–water partition coefficient (Wildman–Crippen LogP) is 3.74. The molecule has 0 amide bonds. The second-order valence-electron chi connectivity index (χ2n) is 4.74. The molecule has 5 heteroatoms. The van der Waals surface area contributed by atoms with Gasteiger partial charge in [0.1, 0.15) is 22.7 Å². The largest absolute Gasteiger partial charge is 0.497 e. The number of fused-ring (bicyclic) bond motifs is 1. The summed E-state index contributed by atoms with van der Waals surface area (Å²) in [5.41, 5.74) is 1.32. The third-order valence-corrected chi connectivity index (χ3v) is 4.18. The van der Waals surface area contributed by atoms with E-state index in [1.807, 2.05) is 17.5 Å². The highest BCUT2D eigenvalue weighted by molar-refractivity contribution is 7.16. The van der Waals surface area contributed by atoms with E-state index in [2.05, 4.69) is 33.5 Å². The van der Waals surface area contributed by atoms with Crippen LogP contribution in [0.4, 0.5) is 5.82 Å². The Kier molecular flexibility index (Phi) is 4.31. The molecule has 0 aliphatic carbocycles. The normalized spacial score (nSPS) is 10.7. The summed E-state index contributed by atoms with van der Waals surface area (Å²) in [6.07, 6.45) is 3.71.